The summed E-state index contributed by atoms with van der Waals surface area (Å²) in [6.45, 7) is 2.60. The lowest BCUT2D eigenvalue weighted by atomic mass is 10.2. The topological polar surface area (TPSA) is 80.0 Å². The SMILES string of the molecule is CCn1c(SCC(=O)Nc2ccccc2Br)nnc1-c1ccccc1O. The Labute approximate surface area is 163 Å². The first-order chi connectivity index (χ1) is 12.6. The van der Waals surface area contributed by atoms with Crippen LogP contribution in [0.3, 0.4) is 0 Å². The Bertz CT molecular complexity index is 929. The predicted molar refractivity (Wildman–Crippen MR) is 106 cm³/mol. The predicted octanol–water partition coefficient (Wildman–Crippen LogP) is 4.16. The third-order valence-corrected chi connectivity index (χ3v) is 5.32. The molecule has 0 saturated heterocycles. The minimum atomic E-state index is -0.128. The molecule has 1 amide bonds. The van der Waals surface area contributed by atoms with Gasteiger partial charge in [-0.1, -0.05) is 36.0 Å². The van der Waals surface area contributed by atoms with Crippen molar-refractivity contribution in [2.45, 2.75) is 18.6 Å². The number of aromatic hydroxyl groups is 1. The molecule has 0 unspecified atom stereocenters. The number of rotatable bonds is 6. The summed E-state index contributed by atoms with van der Waals surface area (Å²) >= 11 is 4.71. The number of nitrogens with zero attached hydrogens (tertiary/aromatic N) is 3. The smallest absolute Gasteiger partial charge is 0.234 e. The summed E-state index contributed by atoms with van der Waals surface area (Å²) in [4.78, 5) is 12.2. The second-order valence-corrected chi connectivity index (χ2v) is 7.18. The maximum atomic E-state index is 12.2. The molecule has 1 aromatic heterocycles. The van der Waals surface area contributed by atoms with Gasteiger partial charge >= 0.3 is 0 Å². The number of thioether (sulfide) groups is 1. The number of carbonyl (C=O) groups excluding carboxylic acids is 1. The molecule has 0 aliphatic heterocycles. The van der Waals surface area contributed by atoms with Crippen LogP contribution in [0.2, 0.25) is 0 Å². The fourth-order valence-corrected chi connectivity index (χ4v) is 3.61. The number of nitrogens with one attached hydrogen (secondary N) is 1. The molecular weight excluding hydrogens is 416 g/mol. The molecule has 0 aliphatic carbocycles. The number of benzene rings is 2. The Morgan fingerprint density at radius 2 is 1.92 bits per heavy atom. The summed E-state index contributed by atoms with van der Waals surface area (Å²) in [7, 11) is 0. The third kappa shape index (κ3) is 4.08. The molecule has 3 aromatic rings. The molecule has 134 valence electrons. The molecule has 0 aliphatic rings. The van der Waals surface area contributed by atoms with Crippen molar-refractivity contribution in [1.82, 2.24) is 14.8 Å². The van der Waals surface area contributed by atoms with Crippen LogP contribution in [0.1, 0.15) is 6.92 Å². The molecule has 3 rings (SSSR count). The number of carbonyl (C=O) groups is 1. The van der Waals surface area contributed by atoms with Gasteiger partial charge < -0.3 is 15.0 Å². The average Bonchev–Trinajstić information content (AvgIpc) is 3.05. The normalized spacial score (nSPS) is 10.7. The van der Waals surface area contributed by atoms with Crippen molar-refractivity contribution in [3.63, 3.8) is 0 Å². The highest BCUT2D eigenvalue weighted by Gasteiger charge is 2.17. The first-order valence-corrected chi connectivity index (χ1v) is 9.76. The molecule has 0 fully saturated rings. The van der Waals surface area contributed by atoms with E-state index in [0.29, 0.717) is 23.1 Å². The van der Waals surface area contributed by atoms with Crippen molar-refractivity contribution in [3.05, 3.63) is 53.0 Å². The zero-order valence-corrected chi connectivity index (χ0v) is 16.4. The van der Waals surface area contributed by atoms with Crippen molar-refractivity contribution < 1.29 is 9.90 Å². The largest absolute Gasteiger partial charge is 0.507 e. The molecule has 0 saturated carbocycles. The van der Waals surface area contributed by atoms with Crippen LogP contribution in [0.4, 0.5) is 5.69 Å². The number of hydrogen-bond acceptors (Lipinski definition) is 5. The van der Waals surface area contributed by atoms with Gasteiger partial charge in [-0.2, -0.15) is 0 Å². The van der Waals surface area contributed by atoms with E-state index in [4.69, 9.17) is 0 Å². The quantitative estimate of drug-likeness (QED) is 0.571. The van der Waals surface area contributed by atoms with E-state index >= 15 is 0 Å². The van der Waals surface area contributed by atoms with Gasteiger partial charge in [-0.3, -0.25) is 4.79 Å². The number of aromatic nitrogens is 3. The summed E-state index contributed by atoms with van der Waals surface area (Å²) < 4.78 is 2.71. The molecule has 1 heterocycles. The van der Waals surface area contributed by atoms with E-state index in [0.717, 1.165) is 10.2 Å². The maximum absolute atomic E-state index is 12.2. The Hall–Kier alpha value is -2.32. The van der Waals surface area contributed by atoms with Gasteiger partial charge in [0.25, 0.3) is 0 Å². The summed E-state index contributed by atoms with van der Waals surface area (Å²) in [5.41, 5.74) is 1.34. The van der Waals surface area contributed by atoms with E-state index in [-0.39, 0.29) is 17.4 Å². The molecular formula is C18H17BrN4O2S. The van der Waals surface area contributed by atoms with E-state index in [1.165, 1.54) is 11.8 Å². The number of amides is 1. The number of hydrogen-bond donors (Lipinski definition) is 2. The van der Waals surface area contributed by atoms with Gasteiger partial charge in [0, 0.05) is 11.0 Å². The highest BCUT2D eigenvalue weighted by atomic mass is 79.9. The van der Waals surface area contributed by atoms with Crippen LogP contribution < -0.4 is 5.32 Å². The zero-order valence-electron chi connectivity index (χ0n) is 14.0. The Kier molecular flexibility index (Phi) is 5.95. The van der Waals surface area contributed by atoms with Crippen LogP contribution >= 0.6 is 27.7 Å². The number of phenolic OH excluding ortho intramolecular Hbond substituents is 1. The molecule has 0 spiro atoms. The molecule has 8 heteroatoms. The van der Waals surface area contributed by atoms with Gasteiger partial charge in [-0.05, 0) is 47.1 Å². The van der Waals surface area contributed by atoms with Crippen molar-refractivity contribution in [1.29, 1.82) is 0 Å². The van der Waals surface area contributed by atoms with Crippen molar-refractivity contribution in [3.8, 4) is 17.1 Å². The molecule has 0 radical (unpaired) electrons. The van der Waals surface area contributed by atoms with Crippen molar-refractivity contribution in [2.24, 2.45) is 0 Å². The van der Waals surface area contributed by atoms with Crippen LogP contribution in [0.5, 0.6) is 5.75 Å². The van der Waals surface area contributed by atoms with E-state index < -0.39 is 0 Å². The summed E-state index contributed by atoms with van der Waals surface area (Å²) in [5.74, 6) is 0.814. The minimum Gasteiger partial charge on any atom is -0.507 e. The molecule has 0 atom stereocenters. The summed E-state index contributed by atoms with van der Waals surface area (Å²) in [6.07, 6.45) is 0. The number of anilines is 1. The van der Waals surface area contributed by atoms with Gasteiger partial charge in [0.2, 0.25) is 5.91 Å². The Balaban J connectivity index is 1.72. The first-order valence-electron chi connectivity index (χ1n) is 7.99. The van der Waals surface area contributed by atoms with E-state index in [1.807, 2.05) is 41.8 Å². The molecule has 2 aromatic carbocycles. The van der Waals surface area contributed by atoms with Crippen LogP contribution in [0.15, 0.2) is 58.2 Å². The number of para-hydroxylation sites is 2. The molecule has 6 nitrogen and oxygen atoms in total. The van der Waals surface area contributed by atoms with Crippen LogP contribution in [0, 0.1) is 0 Å². The highest BCUT2D eigenvalue weighted by Crippen LogP contribution is 2.30. The maximum Gasteiger partial charge on any atom is 0.234 e. The number of phenols is 1. The Morgan fingerprint density at radius 1 is 1.19 bits per heavy atom. The second kappa shape index (κ2) is 8.37. The molecule has 0 bridgehead atoms. The zero-order chi connectivity index (χ0) is 18.5. The average molecular weight is 433 g/mol. The standard InChI is InChI=1S/C18H17BrN4O2S/c1-2-23-17(12-7-3-6-10-15(12)24)21-22-18(23)26-11-16(25)20-14-9-5-4-8-13(14)19/h3-10,24H,2,11H2,1H3,(H,20,25). The fraction of sp³-hybridized carbons (Fsp3) is 0.167. The van der Waals surface area contributed by atoms with E-state index in [2.05, 4.69) is 31.4 Å². The number of halogens is 1. The summed E-state index contributed by atoms with van der Waals surface area (Å²) in [6, 6.07) is 14.4. The third-order valence-electron chi connectivity index (χ3n) is 3.66. The second-order valence-electron chi connectivity index (χ2n) is 5.38. The summed E-state index contributed by atoms with van der Waals surface area (Å²) in [5, 5.41) is 21.9. The Morgan fingerprint density at radius 3 is 2.65 bits per heavy atom. The first kappa shape index (κ1) is 18.5. The lowest BCUT2D eigenvalue weighted by molar-refractivity contribution is -0.113. The molecule has 26 heavy (non-hydrogen) atoms. The van der Waals surface area contributed by atoms with E-state index in [9.17, 15) is 9.90 Å². The lowest BCUT2D eigenvalue weighted by Gasteiger charge is -2.09. The monoisotopic (exact) mass is 432 g/mol. The van der Waals surface area contributed by atoms with Gasteiger partial charge in [0.1, 0.15) is 5.75 Å². The lowest BCUT2D eigenvalue weighted by Crippen LogP contribution is -2.15. The van der Waals surface area contributed by atoms with Gasteiger partial charge in [0.15, 0.2) is 11.0 Å². The minimum absolute atomic E-state index is 0.128. The van der Waals surface area contributed by atoms with Crippen molar-refractivity contribution >= 4 is 39.3 Å². The van der Waals surface area contributed by atoms with Crippen molar-refractivity contribution in [2.75, 3.05) is 11.1 Å². The molecule has 2 N–H and O–H groups in total. The van der Waals surface area contributed by atoms with Crippen LogP contribution in [-0.4, -0.2) is 31.5 Å². The van der Waals surface area contributed by atoms with Gasteiger partial charge in [-0.25, -0.2) is 0 Å². The van der Waals surface area contributed by atoms with Gasteiger partial charge in [0.05, 0.1) is 17.0 Å². The van der Waals surface area contributed by atoms with Crippen LogP contribution in [0.25, 0.3) is 11.4 Å². The highest BCUT2D eigenvalue weighted by molar-refractivity contribution is 9.10. The van der Waals surface area contributed by atoms with Crippen LogP contribution in [-0.2, 0) is 11.3 Å². The fourth-order valence-electron chi connectivity index (χ4n) is 2.42. The van der Waals surface area contributed by atoms with E-state index in [1.54, 1.807) is 18.2 Å². The van der Waals surface area contributed by atoms with Gasteiger partial charge in [-0.15, -0.1) is 10.2 Å².